The zero-order chi connectivity index (χ0) is 17.6. The van der Waals surface area contributed by atoms with Gasteiger partial charge in [-0.25, -0.2) is 0 Å². The molecule has 1 aromatic carbocycles. The molecular formula is C21H29N3O. The van der Waals surface area contributed by atoms with E-state index >= 15 is 0 Å². The maximum atomic E-state index is 12.8. The number of carbonyl (C=O) groups excluding carboxylic acids is 1. The molecule has 2 atom stereocenters. The fraction of sp³-hybridized carbons (Fsp3) is 0.571. The molecule has 2 aromatic rings. The van der Waals surface area contributed by atoms with Crippen molar-refractivity contribution in [3.63, 3.8) is 0 Å². The van der Waals surface area contributed by atoms with E-state index in [4.69, 9.17) is 0 Å². The minimum absolute atomic E-state index is 0.152. The zero-order valence-corrected chi connectivity index (χ0v) is 15.5. The average Bonchev–Trinajstić information content (AvgIpc) is 3.36. The van der Waals surface area contributed by atoms with E-state index in [1.54, 1.807) is 0 Å². The van der Waals surface area contributed by atoms with E-state index in [1.807, 2.05) is 0 Å². The summed E-state index contributed by atoms with van der Waals surface area (Å²) in [5.74, 6) is 1.44. The molecular weight excluding hydrogens is 310 g/mol. The summed E-state index contributed by atoms with van der Waals surface area (Å²) in [7, 11) is 2.10. The van der Waals surface area contributed by atoms with E-state index in [0.29, 0.717) is 11.8 Å². The fourth-order valence-electron chi connectivity index (χ4n) is 4.15. The van der Waals surface area contributed by atoms with Gasteiger partial charge in [0, 0.05) is 36.7 Å². The van der Waals surface area contributed by atoms with Gasteiger partial charge in [-0.2, -0.15) is 0 Å². The summed E-state index contributed by atoms with van der Waals surface area (Å²) in [4.78, 5) is 12.8. The lowest BCUT2D eigenvalue weighted by molar-refractivity contribution is -0.123. The topological polar surface area (TPSA) is 46.1 Å². The van der Waals surface area contributed by atoms with Crippen molar-refractivity contribution in [3.8, 4) is 0 Å². The minimum atomic E-state index is -0.152. The van der Waals surface area contributed by atoms with Gasteiger partial charge in [-0.3, -0.25) is 10.1 Å². The highest BCUT2D eigenvalue weighted by Crippen LogP contribution is 2.35. The molecule has 4 heteroatoms. The normalized spacial score (nSPS) is 23.0. The van der Waals surface area contributed by atoms with E-state index < -0.39 is 0 Å². The van der Waals surface area contributed by atoms with Gasteiger partial charge in [0.1, 0.15) is 0 Å². The molecule has 1 aromatic heterocycles. The number of rotatable bonds is 5. The quantitative estimate of drug-likeness (QED) is 0.878. The number of nitrogens with one attached hydrogen (secondary N) is 2. The Balaban J connectivity index is 1.68. The first-order valence-corrected chi connectivity index (χ1v) is 9.63. The molecule has 1 aliphatic heterocycles. The van der Waals surface area contributed by atoms with E-state index in [9.17, 15) is 4.79 Å². The summed E-state index contributed by atoms with van der Waals surface area (Å²) in [6, 6.07) is 6.63. The molecule has 0 radical (unpaired) electrons. The Kier molecular flexibility index (Phi) is 4.32. The summed E-state index contributed by atoms with van der Waals surface area (Å²) < 4.78 is 2.20. The zero-order valence-electron chi connectivity index (χ0n) is 15.5. The molecule has 2 heterocycles. The van der Waals surface area contributed by atoms with Crippen LogP contribution >= 0.6 is 0 Å². The molecule has 1 amide bonds. The van der Waals surface area contributed by atoms with Crippen molar-refractivity contribution in [1.82, 2.24) is 15.2 Å². The number of aryl methyl sites for hydroxylation is 1. The number of benzene rings is 1. The third-order valence-electron chi connectivity index (χ3n) is 5.61. The van der Waals surface area contributed by atoms with Crippen molar-refractivity contribution < 1.29 is 4.79 Å². The molecule has 0 bridgehead atoms. The number of nitrogens with zero attached hydrogens (tertiary/aromatic N) is 1. The van der Waals surface area contributed by atoms with Gasteiger partial charge >= 0.3 is 0 Å². The predicted octanol–water partition coefficient (Wildman–Crippen LogP) is 3.31. The predicted molar refractivity (Wildman–Crippen MR) is 101 cm³/mol. The van der Waals surface area contributed by atoms with E-state index in [1.165, 1.54) is 34.9 Å². The first kappa shape index (κ1) is 16.6. The Morgan fingerprint density at radius 1 is 1.36 bits per heavy atom. The standard InChI is InChI=1S/C21H29N3O/c1-13(2)9-17-16-5-4-6-19-20(16)15(12-24(19)3)10-18(23-17)21(25)22-11-14-7-8-14/h4-6,12-14,17-18,23H,7-11H2,1-3H3,(H,22,25). The number of aromatic nitrogens is 1. The van der Waals surface area contributed by atoms with Crippen molar-refractivity contribution in [2.24, 2.45) is 18.9 Å². The van der Waals surface area contributed by atoms with Crippen LogP contribution in [0.25, 0.3) is 10.9 Å². The van der Waals surface area contributed by atoms with Crippen LogP contribution in [0.3, 0.4) is 0 Å². The molecule has 1 aliphatic carbocycles. The third-order valence-corrected chi connectivity index (χ3v) is 5.61. The van der Waals surface area contributed by atoms with Crippen molar-refractivity contribution >= 4 is 16.8 Å². The van der Waals surface area contributed by atoms with Crippen LogP contribution < -0.4 is 10.6 Å². The van der Waals surface area contributed by atoms with Crippen molar-refractivity contribution in [3.05, 3.63) is 35.5 Å². The minimum Gasteiger partial charge on any atom is -0.354 e. The first-order chi connectivity index (χ1) is 12.0. The molecule has 0 spiro atoms. The van der Waals surface area contributed by atoms with Crippen LogP contribution in [-0.2, 0) is 18.3 Å². The van der Waals surface area contributed by atoms with Crippen LogP contribution in [0.4, 0.5) is 0 Å². The fourth-order valence-corrected chi connectivity index (χ4v) is 4.15. The summed E-state index contributed by atoms with van der Waals surface area (Å²) in [5.41, 5.74) is 3.90. The lowest BCUT2D eigenvalue weighted by Gasteiger charge is -2.25. The molecule has 4 rings (SSSR count). The highest BCUT2D eigenvalue weighted by atomic mass is 16.2. The SMILES string of the molecule is CC(C)CC1NC(C(=O)NCC2CC2)Cc2cn(C)c3cccc1c23. The van der Waals surface area contributed by atoms with E-state index in [-0.39, 0.29) is 18.0 Å². The average molecular weight is 339 g/mol. The third kappa shape index (κ3) is 3.32. The Morgan fingerprint density at radius 2 is 2.16 bits per heavy atom. The molecule has 25 heavy (non-hydrogen) atoms. The van der Waals surface area contributed by atoms with E-state index in [0.717, 1.165) is 19.4 Å². The lowest BCUT2D eigenvalue weighted by atomic mass is 9.94. The van der Waals surface area contributed by atoms with Gasteiger partial charge in [0.05, 0.1) is 6.04 Å². The second-order valence-corrected chi connectivity index (χ2v) is 8.30. The van der Waals surface area contributed by atoms with Gasteiger partial charge in [-0.15, -0.1) is 0 Å². The lowest BCUT2D eigenvalue weighted by Crippen LogP contribution is -2.46. The molecule has 2 unspecified atom stereocenters. The van der Waals surface area contributed by atoms with Crippen LogP contribution in [0.5, 0.6) is 0 Å². The Morgan fingerprint density at radius 3 is 2.88 bits per heavy atom. The van der Waals surface area contributed by atoms with Gasteiger partial charge < -0.3 is 9.88 Å². The molecule has 2 aliphatic rings. The van der Waals surface area contributed by atoms with Crippen molar-refractivity contribution in [1.29, 1.82) is 0 Å². The molecule has 0 saturated heterocycles. The van der Waals surface area contributed by atoms with Gasteiger partial charge in [-0.05, 0) is 54.7 Å². The Labute approximate surface area is 150 Å². The van der Waals surface area contributed by atoms with Crippen LogP contribution in [0.2, 0.25) is 0 Å². The first-order valence-electron chi connectivity index (χ1n) is 9.63. The number of hydrogen-bond acceptors (Lipinski definition) is 2. The van der Waals surface area contributed by atoms with Crippen molar-refractivity contribution in [2.75, 3.05) is 6.54 Å². The molecule has 4 nitrogen and oxygen atoms in total. The van der Waals surface area contributed by atoms with Gasteiger partial charge in [-0.1, -0.05) is 26.0 Å². The number of amides is 1. The maximum absolute atomic E-state index is 12.8. The Bertz CT molecular complexity index is 788. The van der Waals surface area contributed by atoms with E-state index in [2.05, 4.69) is 60.5 Å². The maximum Gasteiger partial charge on any atom is 0.237 e. The van der Waals surface area contributed by atoms with Gasteiger partial charge in [0.15, 0.2) is 0 Å². The largest absolute Gasteiger partial charge is 0.354 e. The van der Waals surface area contributed by atoms with Crippen molar-refractivity contribution in [2.45, 2.75) is 51.6 Å². The van der Waals surface area contributed by atoms with Crippen LogP contribution in [0, 0.1) is 11.8 Å². The summed E-state index contributed by atoms with van der Waals surface area (Å²) in [5, 5.41) is 8.20. The molecule has 134 valence electrons. The van der Waals surface area contributed by atoms with Crippen LogP contribution in [0.15, 0.2) is 24.4 Å². The molecule has 1 saturated carbocycles. The van der Waals surface area contributed by atoms with Crippen LogP contribution in [-0.4, -0.2) is 23.1 Å². The molecule has 2 N–H and O–H groups in total. The molecule has 1 fully saturated rings. The smallest absolute Gasteiger partial charge is 0.237 e. The summed E-state index contributed by atoms with van der Waals surface area (Å²) in [6.45, 7) is 5.34. The van der Waals surface area contributed by atoms with Gasteiger partial charge in [0.2, 0.25) is 5.91 Å². The second-order valence-electron chi connectivity index (χ2n) is 8.30. The number of carbonyl (C=O) groups is 1. The highest BCUT2D eigenvalue weighted by molar-refractivity contribution is 5.90. The number of hydrogen-bond donors (Lipinski definition) is 2. The highest BCUT2D eigenvalue weighted by Gasteiger charge is 2.31. The van der Waals surface area contributed by atoms with Crippen LogP contribution in [0.1, 0.15) is 50.3 Å². The van der Waals surface area contributed by atoms with Gasteiger partial charge in [0.25, 0.3) is 0 Å². The summed E-state index contributed by atoms with van der Waals surface area (Å²) >= 11 is 0. The summed E-state index contributed by atoms with van der Waals surface area (Å²) in [6.07, 6.45) is 6.53. The monoisotopic (exact) mass is 339 g/mol. The Hall–Kier alpha value is -1.81. The second kappa shape index (κ2) is 6.49.